The molecular weight excluding hydrogens is 256 g/mol. The number of nitrogens with one attached hydrogen (secondary N) is 1. The highest BCUT2D eigenvalue weighted by molar-refractivity contribution is 5.36. The van der Waals surface area contributed by atoms with Crippen LogP contribution in [0.15, 0.2) is 42.5 Å². The van der Waals surface area contributed by atoms with Gasteiger partial charge in [0.15, 0.2) is 0 Å². The highest BCUT2D eigenvalue weighted by atomic mass is 19.1. The average molecular weight is 273 g/mol. The Labute approximate surface area is 117 Å². The maximum Gasteiger partial charge on any atom is 0.126 e. The van der Waals surface area contributed by atoms with Crippen LogP contribution in [0.2, 0.25) is 0 Å². The molecule has 1 aliphatic carbocycles. The van der Waals surface area contributed by atoms with Gasteiger partial charge in [-0.15, -0.1) is 0 Å². The van der Waals surface area contributed by atoms with Crippen molar-refractivity contribution in [2.24, 2.45) is 5.92 Å². The first-order valence-corrected chi connectivity index (χ1v) is 6.87. The third-order valence-electron chi connectivity index (χ3n) is 4.07. The van der Waals surface area contributed by atoms with Gasteiger partial charge in [-0.25, -0.2) is 8.78 Å². The van der Waals surface area contributed by atoms with Crippen LogP contribution in [-0.2, 0) is 12.8 Å². The van der Waals surface area contributed by atoms with Crippen molar-refractivity contribution >= 4 is 0 Å². The Balaban J connectivity index is 1.85. The van der Waals surface area contributed by atoms with Gasteiger partial charge in [0.1, 0.15) is 11.6 Å². The van der Waals surface area contributed by atoms with E-state index in [1.807, 2.05) is 19.2 Å². The van der Waals surface area contributed by atoms with Crippen molar-refractivity contribution in [1.82, 2.24) is 5.32 Å². The van der Waals surface area contributed by atoms with E-state index in [1.54, 1.807) is 0 Å². The second kappa shape index (κ2) is 5.33. The van der Waals surface area contributed by atoms with E-state index >= 15 is 0 Å². The fourth-order valence-corrected chi connectivity index (χ4v) is 3.29. The predicted octanol–water partition coefficient (Wildman–Crippen LogP) is 3.64. The highest BCUT2D eigenvalue weighted by Gasteiger charge is 2.31. The van der Waals surface area contributed by atoms with Gasteiger partial charge in [-0.2, -0.15) is 0 Å². The molecule has 0 spiro atoms. The summed E-state index contributed by atoms with van der Waals surface area (Å²) in [6.07, 6.45) is 1.62. The Kier molecular flexibility index (Phi) is 3.53. The summed E-state index contributed by atoms with van der Waals surface area (Å²) in [6, 6.07) is 12.4. The van der Waals surface area contributed by atoms with Crippen molar-refractivity contribution in [3.63, 3.8) is 0 Å². The van der Waals surface area contributed by atoms with Crippen LogP contribution in [0.3, 0.4) is 0 Å². The largest absolute Gasteiger partial charge is 0.313 e. The molecule has 0 fully saturated rings. The fourth-order valence-electron chi connectivity index (χ4n) is 3.29. The minimum absolute atomic E-state index is 0.248. The highest BCUT2D eigenvalue weighted by Crippen LogP contribution is 2.37. The zero-order valence-electron chi connectivity index (χ0n) is 11.4. The Hall–Kier alpha value is -1.74. The van der Waals surface area contributed by atoms with Crippen molar-refractivity contribution in [3.05, 3.63) is 70.8 Å². The SMILES string of the molecule is CNC1c2ccccc2CC1Cc1cc(F)cc(F)c1. The lowest BCUT2D eigenvalue weighted by atomic mass is 9.93. The molecule has 1 N–H and O–H groups in total. The third kappa shape index (κ3) is 2.46. The Morgan fingerprint density at radius 3 is 2.50 bits per heavy atom. The Morgan fingerprint density at radius 2 is 1.80 bits per heavy atom. The molecule has 0 bridgehead atoms. The normalized spacial score (nSPS) is 20.9. The smallest absolute Gasteiger partial charge is 0.126 e. The van der Waals surface area contributed by atoms with Crippen LogP contribution in [-0.4, -0.2) is 7.05 Å². The molecule has 2 aromatic rings. The minimum atomic E-state index is -0.503. The first-order chi connectivity index (χ1) is 9.67. The van der Waals surface area contributed by atoms with Crippen LogP contribution >= 0.6 is 0 Å². The molecule has 1 aliphatic rings. The lowest BCUT2D eigenvalue weighted by molar-refractivity contribution is 0.409. The molecule has 0 heterocycles. The number of hydrogen-bond donors (Lipinski definition) is 1. The van der Waals surface area contributed by atoms with E-state index in [1.165, 1.54) is 23.3 Å². The van der Waals surface area contributed by atoms with Crippen LogP contribution in [0.25, 0.3) is 0 Å². The van der Waals surface area contributed by atoms with Crippen molar-refractivity contribution in [1.29, 1.82) is 0 Å². The maximum atomic E-state index is 13.3. The molecule has 2 atom stereocenters. The molecule has 3 heteroatoms. The van der Waals surface area contributed by atoms with Crippen LogP contribution < -0.4 is 5.32 Å². The van der Waals surface area contributed by atoms with Crippen LogP contribution in [0.1, 0.15) is 22.7 Å². The summed E-state index contributed by atoms with van der Waals surface area (Å²) >= 11 is 0. The lowest BCUT2D eigenvalue weighted by Crippen LogP contribution is -2.23. The second-order valence-corrected chi connectivity index (χ2v) is 5.41. The fraction of sp³-hybridized carbons (Fsp3) is 0.294. The number of benzene rings is 2. The maximum absolute atomic E-state index is 13.3. The van der Waals surface area contributed by atoms with Gasteiger partial charge in [0.2, 0.25) is 0 Å². The van der Waals surface area contributed by atoms with Crippen LogP contribution in [0.4, 0.5) is 8.78 Å². The van der Waals surface area contributed by atoms with Gasteiger partial charge in [-0.05, 0) is 54.6 Å². The molecule has 0 aromatic heterocycles. The lowest BCUT2D eigenvalue weighted by Gasteiger charge is -2.20. The van der Waals surface area contributed by atoms with Crippen LogP contribution in [0, 0.1) is 17.6 Å². The average Bonchev–Trinajstić information content (AvgIpc) is 2.74. The van der Waals surface area contributed by atoms with Crippen molar-refractivity contribution in [2.75, 3.05) is 7.05 Å². The molecule has 3 rings (SSSR count). The molecule has 20 heavy (non-hydrogen) atoms. The second-order valence-electron chi connectivity index (χ2n) is 5.41. The molecule has 0 amide bonds. The van der Waals surface area contributed by atoms with Gasteiger partial charge in [0.25, 0.3) is 0 Å². The van der Waals surface area contributed by atoms with Crippen LogP contribution in [0.5, 0.6) is 0 Å². The van der Waals surface area contributed by atoms with Crippen molar-refractivity contribution in [3.8, 4) is 0 Å². The summed E-state index contributed by atoms with van der Waals surface area (Å²) < 4.78 is 26.6. The molecular formula is C17H17F2N. The van der Waals surface area contributed by atoms with E-state index in [4.69, 9.17) is 0 Å². The summed E-state index contributed by atoms with van der Waals surface area (Å²) in [6.45, 7) is 0. The zero-order valence-corrected chi connectivity index (χ0v) is 11.4. The van der Waals surface area contributed by atoms with E-state index in [-0.39, 0.29) is 6.04 Å². The number of fused-ring (bicyclic) bond motifs is 1. The predicted molar refractivity (Wildman–Crippen MR) is 75.5 cm³/mol. The van der Waals surface area contributed by atoms with Gasteiger partial charge < -0.3 is 5.32 Å². The number of rotatable bonds is 3. The molecule has 0 radical (unpaired) electrons. The van der Waals surface area contributed by atoms with E-state index in [0.29, 0.717) is 12.3 Å². The summed E-state index contributed by atoms with van der Waals surface area (Å²) in [4.78, 5) is 0. The molecule has 0 aliphatic heterocycles. The van der Waals surface area contributed by atoms with E-state index in [9.17, 15) is 8.78 Å². The Bertz CT molecular complexity index is 604. The van der Waals surface area contributed by atoms with Crippen molar-refractivity contribution in [2.45, 2.75) is 18.9 Å². The van der Waals surface area contributed by atoms with Gasteiger partial charge in [0.05, 0.1) is 0 Å². The standard InChI is InChI=1S/C17H17F2N/c1-20-17-13(9-12-4-2-3-5-16(12)17)6-11-7-14(18)10-15(19)8-11/h2-5,7-8,10,13,17,20H,6,9H2,1H3. The van der Waals surface area contributed by atoms with E-state index < -0.39 is 11.6 Å². The summed E-state index contributed by atoms with van der Waals surface area (Å²) in [5.74, 6) is -0.674. The molecule has 1 nitrogen and oxygen atoms in total. The first kappa shape index (κ1) is 13.3. The summed E-state index contributed by atoms with van der Waals surface area (Å²) in [7, 11) is 1.94. The first-order valence-electron chi connectivity index (χ1n) is 6.87. The quantitative estimate of drug-likeness (QED) is 0.900. The molecule has 2 aromatic carbocycles. The van der Waals surface area contributed by atoms with Gasteiger partial charge in [0, 0.05) is 12.1 Å². The van der Waals surface area contributed by atoms with Gasteiger partial charge in [-0.3, -0.25) is 0 Å². The van der Waals surface area contributed by atoms with E-state index in [2.05, 4.69) is 17.4 Å². The number of hydrogen-bond acceptors (Lipinski definition) is 1. The monoisotopic (exact) mass is 273 g/mol. The summed E-state index contributed by atoms with van der Waals surface area (Å²) in [5, 5.41) is 3.33. The van der Waals surface area contributed by atoms with Gasteiger partial charge >= 0.3 is 0 Å². The van der Waals surface area contributed by atoms with Crippen molar-refractivity contribution < 1.29 is 8.78 Å². The molecule has 104 valence electrons. The Morgan fingerprint density at radius 1 is 1.10 bits per heavy atom. The third-order valence-corrected chi connectivity index (χ3v) is 4.07. The topological polar surface area (TPSA) is 12.0 Å². The van der Waals surface area contributed by atoms with E-state index in [0.717, 1.165) is 18.1 Å². The summed E-state index contributed by atoms with van der Waals surface area (Å²) in [5.41, 5.74) is 3.35. The molecule has 2 unspecified atom stereocenters. The zero-order chi connectivity index (χ0) is 14.1. The molecule has 0 saturated heterocycles. The van der Waals surface area contributed by atoms with Gasteiger partial charge in [-0.1, -0.05) is 24.3 Å². The molecule has 0 saturated carbocycles. The minimum Gasteiger partial charge on any atom is -0.313 e. The number of halogens is 2.